The minimum absolute atomic E-state index is 0. The van der Waals surface area contributed by atoms with Gasteiger partial charge in [-0.3, -0.25) is 48.4 Å². The van der Waals surface area contributed by atoms with E-state index in [1.165, 1.54) is 11.8 Å². The minimum Gasteiger partial charge on any atom is -0.480 e. The Balaban J connectivity index is 0.0000106. The van der Waals surface area contributed by atoms with Crippen molar-refractivity contribution in [2.45, 2.75) is 45.1 Å². The fourth-order valence-electron chi connectivity index (χ4n) is 5.58. The number of hydrogen-bond acceptors (Lipinski definition) is 12. The zero-order valence-electron chi connectivity index (χ0n) is 26.4. The number of nitrogens with zero attached hydrogens (tertiary/aromatic N) is 5. The van der Waals surface area contributed by atoms with Crippen molar-refractivity contribution in [3.63, 3.8) is 0 Å². The first-order valence-electron chi connectivity index (χ1n) is 15.2. The van der Waals surface area contributed by atoms with Gasteiger partial charge in [0.15, 0.2) is 0 Å². The van der Waals surface area contributed by atoms with E-state index in [0.29, 0.717) is 19.4 Å². The maximum absolute atomic E-state index is 13.1. The van der Waals surface area contributed by atoms with Crippen LogP contribution in [0.3, 0.4) is 0 Å². The van der Waals surface area contributed by atoms with Gasteiger partial charge >= 0.3 is 25.0 Å². The van der Waals surface area contributed by atoms with Gasteiger partial charge in [0.05, 0.1) is 32.1 Å². The monoisotopic (exact) mass is 800 g/mol. The molecule has 2 saturated heterocycles. The number of amides is 2. The number of rotatable bonds is 14. The van der Waals surface area contributed by atoms with Gasteiger partial charge in [-0.15, -0.1) is 0 Å². The second kappa shape index (κ2) is 21.2. The molecule has 0 aromatic carbocycles. The predicted molar refractivity (Wildman–Crippen MR) is 160 cm³/mol. The molecule has 6 N–H and O–H groups in total. The molecule has 2 fully saturated rings. The van der Waals surface area contributed by atoms with Gasteiger partial charge < -0.3 is 35.6 Å². The van der Waals surface area contributed by atoms with Crippen LogP contribution in [0, 0.1) is 45.9 Å². The van der Waals surface area contributed by atoms with E-state index >= 15 is 0 Å². The van der Waals surface area contributed by atoms with E-state index < -0.39 is 54.7 Å². The first-order chi connectivity index (χ1) is 21.2. The van der Waals surface area contributed by atoms with Crippen LogP contribution in [0.4, 0.5) is 0 Å². The number of carbonyl (C=O) groups is 6. The molecule has 17 nitrogen and oxygen atoms in total. The fourth-order valence-corrected chi connectivity index (χ4v) is 5.58. The van der Waals surface area contributed by atoms with Gasteiger partial charge in [-0.05, 0) is 19.8 Å². The van der Waals surface area contributed by atoms with Crippen LogP contribution in [0.25, 0.3) is 0 Å². The van der Waals surface area contributed by atoms with Crippen LogP contribution in [0.1, 0.15) is 33.1 Å². The number of ketones is 1. The number of likely N-dealkylation sites (tertiary alicyclic amines) is 1. The number of nitrogens with one attached hydrogen (secondary N) is 1. The summed E-state index contributed by atoms with van der Waals surface area (Å²) in [5.74, 6) is -5.89. The second-order valence-electron chi connectivity index (χ2n) is 11.8. The van der Waals surface area contributed by atoms with Crippen molar-refractivity contribution in [1.82, 2.24) is 29.8 Å². The van der Waals surface area contributed by atoms with Crippen LogP contribution in [0.2, 0.25) is 0 Å². The summed E-state index contributed by atoms with van der Waals surface area (Å²) in [7, 11) is -1.68. The Morgan fingerprint density at radius 2 is 1.09 bits per heavy atom. The average Bonchev–Trinajstić information content (AvgIpc) is 3.43. The van der Waals surface area contributed by atoms with Crippen molar-refractivity contribution in [2.75, 3.05) is 85.1 Å². The summed E-state index contributed by atoms with van der Waals surface area (Å²) < 4.78 is 0. The van der Waals surface area contributed by atoms with Crippen LogP contribution in [-0.2, 0) is 28.8 Å². The molecule has 0 aromatic rings. The molecular formula is C27H47BGdN6O11. The molecule has 46 heavy (non-hydrogen) atoms. The van der Waals surface area contributed by atoms with E-state index in [1.807, 2.05) is 0 Å². The molecule has 0 unspecified atom stereocenters. The van der Waals surface area contributed by atoms with Crippen LogP contribution in [-0.4, -0.2) is 190 Å². The summed E-state index contributed by atoms with van der Waals surface area (Å²) in [6.45, 7) is 4.59. The van der Waals surface area contributed by atoms with Crippen molar-refractivity contribution in [3.05, 3.63) is 0 Å². The Kier molecular flexibility index (Phi) is 19.4. The SMILES string of the molecule is C[C@H](CC(=O)CN1CCN(CC(=O)O)CCN(CC(=O)O)CCN(CC(=O)O)CC1)C(=O)N[C@H](C)C(=O)N1CCC[C@H]1B(O)O.[Gd]. The molecule has 2 amide bonds. The summed E-state index contributed by atoms with van der Waals surface area (Å²) in [6.07, 6.45) is 0.922. The average molecular weight is 800 g/mol. The standard InChI is InChI=1S/C27H47BN6O11.Gd/c1-19(26(42)29-20(2)27(43)34-5-3-4-22(34)28(44)45)14-21(35)15-30-6-8-31(16-23(36)37)10-12-33(18-25(40)41)13-11-32(9-7-30)17-24(38)39;/h19-20,22,44-45H,3-18H2,1-2H3,(H,29,42)(H,36,37)(H,38,39)(H,40,41);/t19-,20-,22+;/m1./s1. The minimum atomic E-state index is -1.68. The summed E-state index contributed by atoms with van der Waals surface area (Å²) in [5, 5.41) is 49.7. The zero-order valence-corrected chi connectivity index (χ0v) is 28.7. The Labute approximate surface area is 301 Å². The zero-order chi connectivity index (χ0) is 33.7. The molecule has 0 bridgehead atoms. The van der Waals surface area contributed by atoms with Crippen molar-refractivity contribution < 1.29 is 94.1 Å². The van der Waals surface area contributed by atoms with Gasteiger partial charge in [0.1, 0.15) is 11.8 Å². The first kappa shape index (κ1) is 42.2. The summed E-state index contributed by atoms with van der Waals surface area (Å²) in [4.78, 5) is 81.1. The van der Waals surface area contributed by atoms with Crippen LogP contribution in [0.15, 0.2) is 0 Å². The third-order valence-corrected chi connectivity index (χ3v) is 8.04. The van der Waals surface area contributed by atoms with Gasteiger partial charge in [0, 0.05) is 111 Å². The molecule has 0 aliphatic carbocycles. The maximum Gasteiger partial charge on any atom is 0.475 e. The number of carboxylic acids is 3. The molecule has 0 radical (unpaired) electrons. The quantitative estimate of drug-likeness (QED) is 0.0940. The Morgan fingerprint density at radius 1 is 0.696 bits per heavy atom. The molecular weight excluding hydrogens is 752 g/mol. The number of Topliss-reactive ketones (excluding diaryl/α,β-unsaturated/α-hetero) is 1. The smallest absolute Gasteiger partial charge is 0.475 e. The van der Waals surface area contributed by atoms with Gasteiger partial charge in [-0.2, -0.15) is 0 Å². The van der Waals surface area contributed by atoms with E-state index in [2.05, 4.69) is 5.32 Å². The number of carboxylic acid groups (broad SMARTS) is 3. The Morgan fingerprint density at radius 3 is 1.46 bits per heavy atom. The predicted octanol–water partition coefficient (Wildman–Crippen LogP) is -3.44. The Bertz CT molecular complexity index is 1030. The molecule has 2 aliphatic rings. The van der Waals surface area contributed by atoms with Crippen molar-refractivity contribution in [2.24, 2.45) is 5.92 Å². The van der Waals surface area contributed by atoms with Crippen LogP contribution < -0.4 is 5.32 Å². The number of carbonyl (C=O) groups excluding carboxylic acids is 3. The van der Waals surface area contributed by atoms with Crippen LogP contribution in [0.5, 0.6) is 0 Å². The van der Waals surface area contributed by atoms with Gasteiger partial charge in [0.25, 0.3) is 0 Å². The second-order valence-corrected chi connectivity index (χ2v) is 11.8. The third-order valence-electron chi connectivity index (χ3n) is 8.04. The molecule has 3 atom stereocenters. The summed E-state index contributed by atoms with van der Waals surface area (Å²) >= 11 is 0. The van der Waals surface area contributed by atoms with E-state index in [1.54, 1.807) is 26.5 Å². The largest absolute Gasteiger partial charge is 0.480 e. The van der Waals surface area contributed by atoms with Gasteiger partial charge in [0.2, 0.25) is 11.8 Å². The molecule has 0 spiro atoms. The fraction of sp³-hybridized carbons (Fsp3) is 0.778. The van der Waals surface area contributed by atoms with E-state index in [0.717, 1.165) is 0 Å². The maximum atomic E-state index is 13.1. The molecule has 262 valence electrons. The molecule has 2 rings (SSSR count). The molecule has 2 aliphatic heterocycles. The van der Waals surface area contributed by atoms with Crippen molar-refractivity contribution >= 4 is 42.6 Å². The summed E-state index contributed by atoms with van der Waals surface area (Å²) in [6, 6.07) is -0.934. The topological polar surface area (TPSA) is 232 Å². The van der Waals surface area contributed by atoms with E-state index in [-0.39, 0.29) is 131 Å². The number of aliphatic carboxylic acids is 3. The molecule has 2 heterocycles. The number of hydrogen-bond donors (Lipinski definition) is 6. The molecule has 0 saturated carbocycles. The molecule has 0 aromatic heterocycles. The van der Waals surface area contributed by atoms with Gasteiger partial charge in [-0.1, -0.05) is 6.92 Å². The van der Waals surface area contributed by atoms with E-state index in [9.17, 15) is 54.1 Å². The van der Waals surface area contributed by atoms with Crippen LogP contribution >= 0.6 is 0 Å². The third kappa shape index (κ3) is 15.4. The molecule has 19 heteroatoms. The van der Waals surface area contributed by atoms with Crippen molar-refractivity contribution in [3.8, 4) is 0 Å². The Hall–Kier alpha value is -1.83. The summed E-state index contributed by atoms with van der Waals surface area (Å²) in [5.41, 5.74) is 0. The first-order valence-corrected chi connectivity index (χ1v) is 15.2. The van der Waals surface area contributed by atoms with Gasteiger partial charge in [-0.25, -0.2) is 0 Å². The van der Waals surface area contributed by atoms with E-state index in [4.69, 9.17) is 0 Å². The normalized spacial score (nSPS) is 20.8. The van der Waals surface area contributed by atoms with Crippen molar-refractivity contribution in [1.29, 1.82) is 0 Å².